The van der Waals surface area contributed by atoms with Crippen LogP contribution in [0.1, 0.15) is 0 Å². The van der Waals surface area contributed by atoms with Crippen LogP contribution in [-0.4, -0.2) is 29.1 Å². The van der Waals surface area contributed by atoms with Gasteiger partial charge in [-0.15, -0.1) is 0 Å². The molecule has 0 aliphatic heterocycles. The van der Waals surface area contributed by atoms with Gasteiger partial charge in [0.05, 0.1) is 10.8 Å². The Morgan fingerprint density at radius 2 is 1.71 bits per heavy atom. The molecule has 1 aromatic carbocycles. The van der Waals surface area contributed by atoms with Crippen LogP contribution in [0.4, 0.5) is 5.69 Å². The van der Waals surface area contributed by atoms with Crippen molar-refractivity contribution < 1.29 is 0 Å². The molecule has 5 nitrogen and oxygen atoms in total. The average Bonchev–Trinajstić information content (AvgIpc) is 2.12. The zero-order valence-electron chi connectivity index (χ0n) is 7.63. The number of fused-ring (bicyclic) bond motifs is 1. The Labute approximate surface area is 90.5 Å². The molecule has 0 spiro atoms. The van der Waals surface area contributed by atoms with Crippen molar-refractivity contribution in [2.24, 2.45) is 0 Å². The first-order valence-electron chi connectivity index (χ1n) is 3.69. The molecule has 0 aliphatic carbocycles. The van der Waals surface area contributed by atoms with Gasteiger partial charge in [-0.25, -0.2) is 0 Å². The Balaban J connectivity index is 0.000000980. The third kappa shape index (κ3) is 1.48. The molecule has 2 aromatic rings. The molecule has 0 fully saturated rings. The molecule has 0 saturated heterocycles. The number of hydrogen-bond donors (Lipinski definition) is 3. The molecule has 14 heavy (non-hydrogen) atoms. The SMILES string of the molecule is Nc1cccc2c(=O)[nH][nH]c(=O)c12.[Li]. The molecule has 0 bridgehead atoms. The maximum absolute atomic E-state index is 11.2. The van der Waals surface area contributed by atoms with Crippen LogP contribution in [0.5, 0.6) is 0 Å². The number of aromatic amines is 2. The second-order valence-electron chi connectivity index (χ2n) is 2.68. The maximum Gasteiger partial charge on any atom is 0.272 e. The minimum atomic E-state index is -0.382. The molecule has 1 aromatic heterocycles. The third-order valence-corrected chi connectivity index (χ3v) is 1.86. The Bertz CT molecular complexity index is 573. The molecular formula is C8H7LiN3O2. The second kappa shape index (κ2) is 3.74. The Hall–Kier alpha value is -1.44. The number of hydrogen-bond acceptors (Lipinski definition) is 3. The fourth-order valence-electron chi connectivity index (χ4n) is 1.26. The van der Waals surface area contributed by atoms with Crippen LogP contribution in [0.15, 0.2) is 27.8 Å². The number of nitrogens with one attached hydrogen (secondary N) is 2. The van der Waals surface area contributed by atoms with E-state index in [1.165, 1.54) is 0 Å². The standard InChI is InChI=1S/C8H7N3O2.Li/c9-5-3-1-2-4-6(5)8(13)11-10-7(4)12;/h1-3H,9H2,(H,10,12)(H,11,13);. The van der Waals surface area contributed by atoms with Gasteiger partial charge in [-0.3, -0.25) is 19.8 Å². The average molecular weight is 184 g/mol. The van der Waals surface area contributed by atoms with Crippen LogP contribution in [0.2, 0.25) is 0 Å². The largest absolute Gasteiger partial charge is 0.398 e. The van der Waals surface area contributed by atoms with E-state index in [-0.39, 0.29) is 35.4 Å². The van der Waals surface area contributed by atoms with Crippen LogP contribution < -0.4 is 16.9 Å². The summed E-state index contributed by atoms with van der Waals surface area (Å²) in [4.78, 5) is 22.4. The van der Waals surface area contributed by atoms with Gasteiger partial charge < -0.3 is 5.73 Å². The van der Waals surface area contributed by atoms with Crippen molar-refractivity contribution in [2.45, 2.75) is 0 Å². The first-order valence-corrected chi connectivity index (χ1v) is 3.69. The molecule has 2 rings (SSSR count). The first kappa shape index (κ1) is 10.6. The van der Waals surface area contributed by atoms with E-state index in [1.54, 1.807) is 18.2 Å². The van der Waals surface area contributed by atoms with Crippen molar-refractivity contribution in [3.05, 3.63) is 38.9 Å². The van der Waals surface area contributed by atoms with Gasteiger partial charge in [-0.1, -0.05) is 6.07 Å². The summed E-state index contributed by atoms with van der Waals surface area (Å²) < 4.78 is 0. The topological polar surface area (TPSA) is 91.7 Å². The van der Waals surface area contributed by atoms with Gasteiger partial charge in [0.1, 0.15) is 0 Å². The summed E-state index contributed by atoms with van der Waals surface area (Å²) in [5.41, 5.74) is 5.14. The van der Waals surface area contributed by atoms with E-state index < -0.39 is 0 Å². The Morgan fingerprint density at radius 1 is 1.07 bits per heavy atom. The van der Waals surface area contributed by atoms with E-state index in [0.29, 0.717) is 11.1 Å². The van der Waals surface area contributed by atoms with E-state index in [0.717, 1.165) is 0 Å². The van der Waals surface area contributed by atoms with Crippen molar-refractivity contribution in [3.63, 3.8) is 0 Å². The van der Waals surface area contributed by atoms with Gasteiger partial charge >= 0.3 is 0 Å². The maximum atomic E-state index is 11.2. The number of H-pyrrole nitrogens is 2. The smallest absolute Gasteiger partial charge is 0.272 e. The van der Waals surface area contributed by atoms with Crippen molar-refractivity contribution in [1.82, 2.24) is 10.2 Å². The van der Waals surface area contributed by atoms with Gasteiger partial charge in [-0.05, 0) is 12.1 Å². The van der Waals surface area contributed by atoms with Crippen molar-refractivity contribution in [3.8, 4) is 0 Å². The summed E-state index contributed by atoms with van der Waals surface area (Å²) in [6.07, 6.45) is 0. The molecule has 6 heteroatoms. The molecule has 0 atom stereocenters. The summed E-state index contributed by atoms with van der Waals surface area (Å²) >= 11 is 0. The Morgan fingerprint density at radius 3 is 2.36 bits per heavy atom. The van der Waals surface area contributed by atoms with E-state index in [1.807, 2.05) is 0 Å². The minimum Gasteiger partial charge on any atom is -0.398 e. The number of nitrogen functional groups attached to an aromatic ring is 1. The minimum absolute atomic E-state index is 0. The quantitative estimate of drug-likeness (QED) is 0.377. The molecule has 67 valence electrons. The summed E-state index contributed by atoms with van der Waals surface area (Å²) in [5, 5.41) is 4.98. The summed E-state index contributed by atoms with van der Waals surface area (Å²) in [6, 6.07) is 4.77. The van der Waals surface area contributed by atoms with Crippen LogP contribution in [0.25, 0.3) is 10.8 Å². The van der Waals surface area contributed by atoms with Gasteiger partial charge in [0, 0.05) is 24.5 Å². The zero-order valence-corrected chi connectivity index (χ0v) is 7.63. The predicted octanol–water partition coefficient (Wildman–Crippen LogP) is -0.582. The summed E-state index contributed by atoms with van der Waals surface area (Å²) in [5.74, 6) is 0. The number of aromatic nitrogens is 2. The van der Waals surface area contributed by atoms with Crippen LogP contribution in [0.3, 0.4) is 0 Å². The van der Waals surface area contributed by atoms with Crippen molar-refractivity contribution in [1.29, 1.82) is 0 Å². The second-order valence-corrected chi connectivity index (χ2v) is 2.68. The normalized spacial score (nSPS) is 9.71. The predicted molar refractivity (Wildman–Crippen MR) is 55.4 cm³/mol. The van der Waals surface area contributed by atoms with E-state index >= 15 is 0 Å². The van der Waals surface area contributed by atoms with E-state index in [2.05, 4.69) is 10.2 Å². The number of nitrogens with two attached hydrogens (primary N) is 1. The molecule has 0 unspecified atom stereocenters. The molecule has 1 radical (unpaired) electrons. The van der Waals surface area contributed by atoms with Crippen LogP contribution in [0, 0.1) is 0 Å². The fraction of sp³-hybridized carbons (Fsp3) is 0. The Kier molecular flexibility index (Phi) is 2.84. The number of anilines is 1. The summed E-state index contributed by atoms with van der Waals surface area (Å²) in [6.45, 7) is 0. The number of benzene rings is 1. The fourth-order valence-corrected chi connectivity index (χ4v) is 1.26. The summed E-state index contributed by atoms with van der Waals surface area (Å²) in [7, 11) is 0. The molecule has 0 amide bonds. The van der Waals surface area contributed by atoms with Gasteiger partial charge in [0.25, 0.3) is 11.1 Å². The van der Waals surface area contributed by atoms with Gasteiger partial charge in [-0.2, -0.15) is 0 Å². The first-order chi connectivity index (χ1) is 6.20. The molecule has 4 N–H and O–H groups in total. The molecule has 0 aliphatic rings. The molecule has 1 heterocycles. The van der Waals surface area contributed by atoms with Gasteiger partial charge in [0.2, 0.25) is 0 Å². The molecular weight excluding hydrogens is 177 g/mol. The van der Waals surface area contributed by atoms with Crippen molar-refractivity contribution >= 4 is 35.3 Å². The monoisotopic (exact) mass is 184 g/mol. The third-order valence-electron chi connectivity index (χ3n) is 1.86. The van der Waals surface area contributed by atoms with Crippen LogP contribution >= 0.6 is 0 Å². The van der Waals surface area contributed by atoms with Crippen molar-refractivity contribution in [2.75, 3.05) is 5.73 Å². The number of rotatable bonds is 0. The van der Waals surface area contributed by atoms with E-state index in [4.69, 9.17) is 5.73 Å². The van der Waals surface area contributed by atoms with E-state index in [9.17, 15) is 9.59 Å². The zero-order chi connectivity index (χ0) is 9.42. The van der Waals surface area contributed by atoms with Gasteiger partial charge in [0.15, 0.2) is 0 Å². The van der Waals surface area contributed by atoms with Crippen LogP contribution in [-0.2, 0) is 0 Å². The molecule has 0 saturated carbocycles.